The lowest BCUT2D eigenvalue weighted by atomic mass is 10.1. The first-order valence-electron chi connectivity index (χ1n) is 26.7. The number of nitrogens with one attached hydrogen (secondary N) is 2. The van der Waals surface area contributed by atoms with Gasteiger partial charge in [0.25, 0.3) is 28.9 Å². The maximum Gasteiger partial charge on any atom is 0.339 e. The Labute approximate surface area is 548 Å². The summed E-state index contributed by atoms with van der Waals surface area (Å²) >= 11 is 19.9. The predicted octanol–water partition coefficient (Wildman–Crippen LogP) is 11.8. The van der Waals surface area contributed by atoms with Gasteiger partial charge in [-0.15, -0.1) is 0 Å². The van der Waals surface area contributed by atoms with Crippen LogP contribution in [0.15, 0.2) is 198 Å². The molecule has 9 heterocycles. The number of hydrogen-bond donors (Lipinski definition) is 5. The number of rotatable bonds is 9. The van der Waals surface area contributed by atoms with E-state index in [1.54, 1.807) is 127 Å². The average molecular weight is 1390 g/mol. The van der Waals surface area contributed by atoms with E-state index in [9.17, 15) is 36.5 Å². The first-order chi connectivity index (χ1) is 45.0. The van der Waals surface area contributed by atoms with Gasteiger partial charge in [-0.05, 0) is 113 Å². The number of carboxylic acid groups (broad SMARTS) is 1. The lowest BCUT2D eigenvalue weighted by molar-refractivity contribution is -0.142. The number of esters is 1. The molecule has 0 fully saturated rings. The van der Waals surface area contributed by atoms with Crippen molar-refractivity contribution in [2.75, 3.05) is 24.2 Å². The van der Waals surface area contributed by atoms with Crippen molar-refractivity contribution in [3.63, 3.8) is 0 Å². The molecule has 4 aromatic carbocycles. The molecule has 26 nitrogen and oxygen atoms in total. The number of aromatic amines is 1. The van der Waals surface area contributed by atoms with E-state index in [1.807, 2.05) is 12.1 Å². The number of carbonyl (C=O) groups excluding carboxylic acids is 2. The summed E-state index contributed by atoms with van der Waals surface area (Å²) in [6, 6.07) is 36.3. The van der Waals surface area contributed by atoms with Gasteiger partial charge in [-0.25, -0.2) is 47.5 Å². The third kappa shape index (κ3) is 23.4. The van der Waals surface area contributed by atoms with E-state index in [1.165, 1.54) is 70.5 Å². The second-order valence-electron chi connectivity index (χ2n) is 17.8. The summed E-state index contributed by atoms with van der Waals surface area (Å²) in [5, 5.41) is 18.4. The number of pyridine rings is 2. The SMILES string of the molecule is CC(=O)O.CCOC(=O)CC(=O)c1ccccc1F.Fc1ccccc1-c1cc(Cl)n2ncnc2n1.Fc1ccccc1-c1cc(Nc2ccncc2)n2ncnc2n1.NC1=NCC=N1.Nc1ccncc1.O=P(Cl)(Cl)Cl.O=c1cc(-c2ccccc2F)nc2nc[nH]n12. The lowest BCUT2D eigenvalue weighted by Crippen LogP contribution is -2.14. The summed E-state index contributed by atoms with van der Waals surface area (Å²) < 4.78 is 72.5. The number of nitrogens with zero attached hydrogens (tertiary/aromatic N) is 15. The first kappa shape index (κ1) is 72.2. The number of anilines is 3. The van der Waals surface area contributed by atoms with Crippen molar-refractivity contribution in [1.82, 2.24) is 68.7 Å². The van der Waals surface area contributed by atoms with Crippen molar-refractivity contribution in [3.8, 4) is 33.8 Å². The van der Waals surface area contributed by atoms with Crippen molar-refractivity contribution in [1.29, 1.82) is 0 Å². The number of guanidine groups is 1. The van der Waals surface area contributed by atoms with Crippen molar-refractivity contribution in [2.24, 2.45) is 15.7 Å². The van der Waals surface area contributed by atoms with Crippen molar-refractivity contribution >= 4 is 115 Å². The molecule has 0 saturated carbocycles. The summed E-state index contributed by atoms with van der Waals surface area (Å²) in [4.78, 5) is 82.7. The maximum atomic E-state index is 14.0. The molecule has 0 saturated heterocycles. The number of hydrogen-bond acceptors (Lipinski definition) is 21. The molecule has 0 bridgehead atoms. The zero-order valence-electron chi connectivity index (χ0n) is 48.7. The molecule has 13 rings (SSSR count). The van der Waals surface area contributed by atoms with Gasteiger partial charge in [0.15, 0.2) is 5.78 Å². The number of benzene rings is 4. The van der Waals surface area contributed by atoms with E-state index in [-0.39, 0.29) is 46.4 Å². The summed E-state index contributed by atoms with van der Waals surface area (Å²) in [6.07, 6.45) is 12.0. The number of ether oxygens (including phenoxy) is 1. The van der Waals surface area contributed by atoms with E-state index in [4.69, 9.17) is 33.0 Å². The van der Waals surface area contributed by atoms with Crippen LogP contribution in [0.3, 0.4) is 0 Å². The normalized spacial score (nSPS) is 10.9. The minimum absolute atomic E-state index is 0.0782. The number of aromatic nitrogens is 14. The molecule has 94 heavy (non-hydrogen) atoms. The molecule has 484 valence electrons. The molecule has 0 spiro atoms. The highest BCUT2D eigenvalue weighted by Crippen LogP contribution is 2.61. The number of ketones is 1. The van der Waals surface area contributed by atoms with Gasteiger partial charge in [0, 0.05) is 84.2 Å². The molecule has 8 aromatic heterocycles. The smallest absolute Gasteiger partial charge is 0.339 e. The zero-order valence-corrected chi connectivity index (χ0v) is 52.7. The Balaban J connectivity index is 0.000000181. The van der Waals surface area contributed by atoms with Gasteiger partial charge in [0.1, 0.15) is 59.6 Å². The third-order valence-corrected chi connectivity index (χ3v) is 11.4. The van der Waals surface area contributed by atoms with Gasteiger partial charge in [-0.2, -0.15) is 33.7 Å². The summed E-state index contributed by atoms with van der Waals surface area (Å²) in [6.45, 7) is 3.60. The fourth-order valence-corrected chi connectivity index (χ4v) is 7.53. The van der Waals surface area contributed by atoms with Gasteiger partial charge in [0.05, 0.1) is 35.8 Å². The van der Waals surface area contributed by atoms with Crippen LogP contribution in [0, 0.1) is 23.3 Å². The molecule has 1 aliphatic rings. The molecule has 0 radical (unpaired) electrons. The standard InChI is InChI=1S/C16H11FN6.C11H6ClFN4.C11H7FN4O.C11H11FO3.C5H6N2.C3H5N3.C2H4O2.Cl3OP/c17-13-4-2-1-3-12(13)14-9-15(21-11-5-7-18-8-6-11)23-16(22-14)19-10-20-23;12-10-5-9(7-3-1-2-4-8(7)13)16-11-14-6-15-17(10)11;12-8-4-2-1-3-7(8)9-5-10(17)16-11(15-9)13-6-14-16;1-2-15-11(14)7-10(13)8-5-3-4-6-9(8)12;6-5-1-3-7-4-2-5;4-3-5-1-2-6-3;1-2(3)4;1-5(2,3)4/h1-10H,(H,18,21);1-6H;1-6H,(H,13,14,15);3-6H,2,7H2,1H3;1-4H,(H2,6,7);1H,2H2,(H2,4,6);1H3,(H,3,4);. The highest BCUT2D eigenvalue weighted by molar-refractivity contribution is 8.24. The number of nitrogens with two attached hydrogens (primary N) is 2. The van der Waals surface area contributed by atoms with Crippen molar-refractivity contribution in [2.45, 2.75) is 20.3 Å². The topological polar surface area (TPSA) is 362 Å². The minimum atomic E-state index is -3.22. The van der Waals surface area contributed by atoms with Crippen molar-refractivity contribution < 1.29 is 46.4 Å². The highest BCUT2D eigenvalue weighted by Gasteiger charge is 2.17. The molecule has 0 aliphatic carbocycles. The van der Waals surface area contributed by atoms with E-state index < -0.39 is 41.0 Å². The van der Waals surface area contributed by atoms with Crippen LogP contribution >= 0.6 is 50.5 Å². The van der Waals surface area contributed by atoms with Crippen molar-refractivity contribution in [3.05, 3.63) is 228 Å². The number of fused-ring (bicyclic) bond motifs is 3. The molecule has 12 aromatic rings. The quantitative estimate of drug-likeness (QED) is 0.0224. The molecule has 1 aliphatic heterocycles. The predicted molar refractivity (Wildman–Crippen MR) is 348 cm³/mol. The second kappa shape index (κ2) is 36.2. The second-order valence-corrected chi connectivity index (χ2v) is 24.9. The van der Waals surface area contributed by atoms with Gasteiger partial charge < -0.3 is 26.6 Å². The molecular weight excluding hydrogens is 1340 g/mol. The van der Waals surface area contributed by atoms with E-state index >= 15 is 0 Å². The summed E-state index contributed by atoms with van der Waals surface area (Å²) in [5.41, 5.74) is 13.9. The van der Waals surface area contributed by atoms with Gasteiger partial charge in [-0.3, -0.25) is 38.8 Å². The first-order valence-corrected chi connectivity index (χ1v) is 31.5. The monoisotopic (exact) mass is 1380 g/mol. The lowest BCUT2D eigenvalue weighted by Gasteiger charge is -2.10. The number of aliphatic imine (C=N–C) groups is 2. The number of carbonyl (C=O) groups is 3. The Morgan fingerprint density at radius 3 is 1.61 bits per heavy atom. The van der Waals surface area contributed by atoms with Gasteiger partial charge >= 0.3 is 11.2 Å². The molecular formula is C59H50Cl4F4N19O7P. The minimum Gasteiger partial charge on any atom is -0.481 e. The number of halogens is 8. The van der Waals surface area contributed by atoms with Crippen LogP contribution in [-0.4, -0.2) is 117 Å². The Hall–Kier alpha value is -10.9. The van der Waals surface area contributed by atoms with Crippen LogP contribution in [0.1, 0.15) is 30.6 Å². The van der Waals surface area contributed by atoms with Gasteiger partial charge in [-0.1, -0.05) is 60.1 Å². The van der Waals surface area contributed by atoms with Crippen LogP contribution in [-0.2, 0) is 18.9 Å². The molecule has 0 unspecified atom stereocenters. The van der Waals surface area contributed by atoms with Crippen LogP contribution in [0.5, 0.6) is 0 Å². The maximum absolute atomic E-state index is 14.0. The van der Waals surface area contributed by atoms with Crippen LogP contribution < -0.4 is 22.3 Å². The summed E-state index contributed by atoms with van der Waals surface area (Å²) in [7, 11) is 0. The molecule has 7 N–H and O–H groups in total. The average Bonchev–Trinajstić information content (AvgIpc) is 1.55. The number of aliphatic carboxylic acids is 1. The molecule has 0 amide bonds. The molecule has 35 heteroatoms. The fourth-order valence-electron chi connectivity index (χ4n) is 7.30. The van der Waals surface area contributed by atoms with Crippen LogP contribution in [0.25, 0.3) is 51.1 Å². The number of H-pyrrole nitrogens is 1. The Morgan fingerprint density at radius 2 is 1.14 bits per heavy atom. The Bertz CT molecular complexity index is 4650. The number of Topliss-reactive ketones (excluding diaryl/α,β-unsaturated/α-hetero) is 1. The van der Waals surface area contributed by atoms with E-state index in [0.29, 0.717) is 57.5 Å². The van der Waals surface area contributed by atoms with E-state index in [0.717, 1.165) is 18.3 Å². The van der Waals surface area contributed by atoms with Gasteiger partial charge in [0.2, 0.25) is 5.96 Å². The van der Waals surface area contributed by atoms with E-state index in [2.05, 4.69) is 109 Å². The number of carboxylic acids is 1. The number of nitrogen functional groups attached to an aromatic ring is 1. The zero-order chi connectivity index (χ0) is 68.2. The Morgan fingerprint density at radius 1 is 0.670 bits per heavy atom. The molecule has 0 atom stereocenters. The van der Waals surface area contributed by atoms with Crippen LogP contribution in [0.4, 0.5) is 34.8 Å². The highest BCUT2D eigenvalue weighted by atomic mass is 36.0. The van der Waals surface area contributed by atoms with Crippen LogP contribution in [0.2, 0.25) is 5.15 Å². The largest absolute Gasteiger partial charge is 0.481 e. The third-order valence-electron chi connectivity index (χ3n) is 11.2. The Kier molecular flexibility index (Phi) is 27.8. The summed E-state index contributed by atoms with van der Waals surface area (Å²) in [5.74, 6) is -1.76. The fraction of sp³-hybridized carbons (Fsp3) is 0.0847.